The van der Waals surface area contributed by atoms with Crippen LogP contribution < -0.4 is 0 Å². The maximum Gasteiger partial charge on any atom is 0.305 e. The minimum absolute atomic E-state index is 0.0585. The lowest BCUT2D eigenvalue weighted by Crippen LogP contribution is -2.47. The normalized spacial score (nSPS) is 32.1. The van der Waals surface area contributed by atoms with E-state index >= 15 is 0 Å². The summed E-state index contributed by atoms with van der Waals surface area (Å²) in [6.07, 6.45) is 5.38. The fraction of sp³-hybridized carbons (Fsp3) is 0.611. The maximum absolute atomic E-state index is 11.8. The van der Waals surface area contributed by atoms with E-state index in [1.807, 2.05) is 0 Å². The van der Waals surface area contributed by atoms with Crippen LogP contribution in [0.1, 0.15) is 31.2 Å². The van der Waals surface area contributed by atoms with E-state index < -0.39 is 0 Å². The zero-order valence-electron chi connectivity index (χ0n) is 13.0. The van der Waals surface area contributed by atoms with Crippen LogP contribution in [0.5, 0.6) is 0 Å². The summed E-state index contributed by atoms with van der Waals surface area (Å²) in [6, 6.07) is 11.9. The molecule has 114 valence electrons. The monoisotopic (exact) mass is 287 g/mol. The highest BCUT2D eigenvalue weighted by atomic mass is 16.5. The van der Waals surface area contributed by atoms with Gasteiger partial charge in [0.05, 0.1) is 13.5 Å². The van der Waals surface area contributed by atoms with Gasteiger partial charge in [-0.3, -0.25) is 4.79 Å². The molecule has 2 aliphatic heterocycles. The van der Waals surface area contributed by atoms with Gasteiger partial charge in [-0.05, 0) is 50.1 Å². The number of esters is 1. The number of hydrogen-bond donors (Lipinski definition) is 0. The van der Waals surface area contributed by atoms with E-state index in [0.29, 0.717) is 30.3 Å². The second-order valence-electron chi connectivity index (χ2n) is 6.59. The van der Waals surface area contributed by atoms with Gasteiger partial charge in [0.1, 0.15) is 0 Å². The van der Waals surface area contributed by atoms with Gasteiger partial charge in [0.15, 0.2) is 0 Å². The molecule has 4 atom stereocenters. The Hall–Kier alpha value is -1.35. The van der Waals surface area contributed by atoms with Crippen LogP contribution in [-0.2, 0) is 16.0 Å². The zero-order valence-corrected chi connectivity index (χ0v) is 13.0. The van der Waals surface area contributed by atoms with Gasteiger partial charge in [-0.15, -0.1) is 0 Å². The van der Waals surface area contributed by atoms with Crippen LogP contribution in [0, 0.1) is 11.8 Å². The minimum atomic E-state index is -0.0585. The molecule has 3 heteroatoms. The lowest BCUT2D eigenvalue weighted by atomic mass is 9.75. The number of ether oxygens (including phenoxy) is 1. The Balaban J connectivity index is 1.77. The Labute approximate surface area is 127 Å². The van der Waals surface area contributed by atoms with Crippen LogP contribution in [0.3, 0.4) is 0 Å². The average Bonchev–Trinajstić information content (AvgIpc) is 2.75. The number of carbonyl (C=O) groups excluding carboxylic acids is 1. The highest BCUT2D eigenvalue weighted by Crippen LogP contribution is 2.44. The molecule has 21 heavy (non-hydrogen) atoms. The summed E-state index contributed by atoms with van der Waals surface area (Å²) in [5.74, 6) is 0.971. The summed E-state index contributed by atoms with van der Waals surface area (Å²) in [6.45, 7) is 0. The van der Waals surface area contributed by atoms with Crippen LogP contribution in [0.2, 0.25) is 0 Å². The van der Waals surface area contributed by atoms with Crippen LogP contribution >= 0.6 is 0 Å². The Bertz CT molecular complexity index is 487. The molecule has 0 saturated carbocycles. The molecule has 2 saturated heterocycles. The molecule has 0 aliphatic carbocycles. The molecule has 0 unspecified atom stereocenters. The lowest BCUT2D eigenvalue weighted by Gasteiger charge is -2.43. The lowest BCUT2D eigenvalue weighted by molar-refractivity contribution is -0.143. The molecular formula is C18H25NO2. The number of nitrogens with zero attached hydrogens (tertiary/aromatic N) is 1. The van der Waals surface area contributed by atoms with Gasteiger partial charge in [-0.25, -0.2) is 0 Å². The highest BCUT2D eigenvalue weighted by Gasteiger charge is 2.45. The van der Waals surface area contributed by atoms with Gasteiger partial charge in [0.25, 0.3) is 0 Å². The predicted octanol–water partition coefficient (Wildman–Crippen LogP) is 2.89. The van der Waals surface area contributed by atoms with Crippen molar-refractivity contribution in [3.63, 3.8) is 0 Å². The predicted molar refractivity (Wildman–Crippen MR) is 82.9 cm³/mol. The standard InChI is InChI=1S/C18H25NO2/c1-19-15-8-9-17(19)16(12-18(20)21-2)14(11-15)10-13-6-4-3-5-7-13/h3-7,14-17H,8-12H2,1-2H3/t14-,15-,16-,17+/m0/s1. The van der Waals surface area contributed by atoms with E-state index in [1.54, 1.807) is 0 Å². The van der Waals surface area contributed by atoms with Crippen molar-refractivity contribution in [3.05, 3.63) is 35.9 Å². The van der Waals surface area contributed by atoms with Crippen molar-refractivity contribution in [2.75, 3.05) is 14.2 Å². The molecule has 3 nitrogen and oxygen atoms in total. The number of piperidine rings is 1. The Morgan fingerprint density at radius 3 is 2.76 bits per heavy atom. The molecule has 2 bridgehead atoms. The minimum Gasteiger partial charge on any atom is -0.469 e. The first-order valence-electron chi connectivity index (χ1n) is 8.01. The average molecular weight is 287 g/mol. The number of rotatable bonds is 4. The van der Waals surface area contributed by atoms with E-state index in [0.717, 1.165) is 6.42 Å². The number of benzene rings is 1. The SMILES string of the molecule is COC(=O)C[C@H]1[C@@H](Cc2ccccc2)C[C@@H]2CC[C@H]1N2C. The molecular weight excluding hydrogens is 262 g/mol. The molecule has 2 heterocycles. The molecule has 1 aromatic rings. The molecule has 0 amide bonds. The van der Waals surface area contributed by atoms with Gasteiger partial charge < -0.3 is 9.64 Å². The molecule has 0 N–H and O–H groups in total. The number of carbonyl (C=O) groups is 1. The summed E-state index contributed by atoms with van der Waals surface area (Å²) in [5, 5.41) is 0. The molecule has 1 aromatic carbocycles. The summed E-state index contributed by atoms with van der Waals surface area (Å²) < 4.78 is 4.94. The van der Waals surface area contributed by atoms with Crippen molar-refractivity contribution in [1.82, 2.24) is 4.90 Å². The summed E-state index contributed by atoms with van der Waals surface area (Å²) in [4.78, 5) is 14.3. The van der Waals surface area contributed by atoms with E-state index in [2.05, 4.69) is 42.3 Å². The first-order chi connectivity index (χ1) is 10.2. The number of fused-ring (bicyclic) bond motifs is 2. The second-order valence-corrected chi connectivity index (χ2v) is 6.59. The quantitative estimate of drug-likeness (QED) is 0.798. The Morgan fingerprint density at radius 2 is 2.05 bits per heavy atom. The van der Waals surface area contributed by atoms with Crippen molar-refractivity contribution >= 4 is 5.97 Å². The maximum atomic E-state index is 11.8. The number of methoxy groups -OCH3 is 1. The van der Waals surface area contributed by atoms with Crippen LogP contribution in [0.25, 0.3) is 0 Å². The van der Waals surface area contributed by atoms with Crippen LogP contribution in [0.4, 0.5) is 0 Å². The highest BCUT2D eigenvalue weighted by molar-refractivity contribution is 5.69. The fourth-order valence-electron chi connectivity index (χ4n) is 4.41. The van der Waals surface area contributed by atoms with Crippen LogP contribution in [0.15, 0.2) is 30.3 Å². The van der Waals surface area contributed by atoms with Gasteiger partial charge in [0.2, 0.25) is 0 Å². The third-order valence-corrected chi connectivity index (χ3v) is 5.54. The summed E-state index contributed by atoms with van der Waals surface area (Å²) in [7, 11) is 3.73. The van der Waals surface area contributed by atoms with Crippen LogP contribution in [-0.4, -0.2) is 37.1 Å². The van der Waals surface area contributed by atoms with Crippen molar-refractivity contribution in [3.8, 4) is 0 Å². The van der Waals surface area contributed by atoms with Gasteiger partial charge in [0, 0.05) is 12.1 Å². The topological polar surface area (TPSA) is 29.5 Å². The van der Waals surface area contributed by atoms with E-state index in [-0.39, 0.29) is 5.97 Å². The van der Waals surface area contributed by atoms with Crippen molar-refractivity contribution in [2.24, 2.45) is 11.8 Å². The molecule has 2 aliphatic rings. The van der Waals surface area contributed by atoms with Crippen molar-refractivity contribution in [2.45, 2.75) is 44.2 Å². The molecule has 0 radical (unpaired) electrons. The smallest absolute Gasteiger partial charge is 0.305 e. The van der Waals surface area contributed by atoms with Gasteiger partial charge in [-0.1, -0.05) is 30.3 Å². The second kappa shape index (κ2) is 6.18. The molecule has 0 spiro atoms. The van der Waals surface area contributed by atoms with E-state index in [4.69, 9.17) is 4.74 Å². The third kappa shape index (κ3) is 2.98. The third-order valence-electron chi connectivity index (χ3n) is 5.54. The molecule has 2 fully saturated rings. The zero-order chi connectivity index (χ0) is 14.8. The summed E-state index contributed by atoms with van der Waals surface area (Å²) >= 11 is 0. The van der Waals surface area contributed by atoms with Gasteiger partial charge in [-0.2, -0.15) is 0 Å². The Morgan fingerprint density at radius 1 is 1.29 bits per heavy atom. The first-order valence-corrected chi connectivity index (χ1v) is 8.01. The van der Waals surface area contributed by atoms with E-state index in [1.165, 1.54) is 31.9 Å². The van der Waals surface area contributed by atoms with E-state index in [9.17, 15) is 4.79 Å². The van der Waals surface area contributed by atoms with Gasteiger partial charge >= 0.3 is 5.97 Å². The number of hydrogen-bond acceptors (Lipinski definition) is 3. The largest absolute Gasteiger partial charge is 0.469 e. The van der Waals surface area contributed by atoms with Crippen molar-refractivity contribution in [1.29, 1.82) is 0 Å². The van der Waals surface area contributed by atoms with Crippen molar-refractivity contribution < 1.29 is 9.53 Å². The summed E-state index contributed by atoms with van der Waals surface area (Å²) in [5.41, 5.74) is 1.39. The Kier molecular flexibility index (Phi) is 4.29. The fourth-order valence-corrected chi connectivity index (χ4v) is 4.41. The first kappa shape index (κ1) is 14.6. The molecule has 3 rings (SSSR count). The molecule has 0 aromatic heterocycles.